The lowest BCUT2D eigenvalue weighted by Gasteiger charge is -2.39. The molecular weight excluding hydrogens is 422 g/mol. The minimum absolute atomic E-state index is 0.105. The average molecular weight is 449 g/mol. The number of piperidine rings is 1. The molecule has 1 unspecified atom stereocenters. The minimum atomic E-state index is -1.05. The Balaban J connectivity index is 1.37. The zero-order chi connectivity index (χ0) is 20.9. The predicted octanol–water partition coefficient (Wildman–Crippen LogP) is 2.19. The number of aromatic nitrogens is 2. The molecule has 2 fully saturated rings. The molecule has 3 heterocycles. The summed E-state index contributed by atoms with van der Waals surface area (Å²) < 4.78 is 13.9. The highest BCUT2D eigenvalue weighted by molar-refractivity contribution is 7.99. The lowest BCUT2D eigenvalue weighted by molar-refractivity contribution is 0.0113. The van der Waals surface area contributed by atoms with Gasteiger partial charge in [0, 0.05) is 25.3 Å². The van der Waals surface area contributed by atoms with Gasteiger partial charge >= 0.3 is 0 Å². The van der Waals surface area contributed by atoms with E-state index in [1.165, 1.54) is 12.1 Å². The Morgan fingerprint density at radius 1 is 1.17 bits per heavy atom. The highest BCUT2D eigenvalue weighted by atomic mass is 32.2. The molecule has 0 spiro atoms. The molecule has 9 heteroatoms. The molecule has 30 heavy (non-hydrogen) atoms. The molecule has 1 aromatic carbocycles. The summed E-state index contributed by atoms with van der Waals surface area (Å²) in [5, 5.41) is 25.1. The first-order valence-corrected chi connectivity index (χ1v) is 11.9. The summed E-state index contributed by atoms with van der Waals surface area (Å²) in [6, 6.07) is 4.70. The standard InChI is InChI=1S/C21H26FN4O2PS/c22-14-9-13(10-15(29)11-14)21(28)4-6-26(7-5-21)19-23-16-1-8-30-17(16)18(24-19)25-20(12-27)2-3-20/h9-11,27-28H,1-8,12,29H2,(H,23,24,25). The van der Waals surface area contributed by atoms with Gasteiger partial charge in [-0.15, -0.1) is 21.0 Å². The first-order valence-electron chi connectivity index (χ1n) is 10.4. The second kappa shape index (κ2) is 7.59. The fourth-order valence-corrected chi connectivity index (χ4v) is 5.64. The van der Waals surface area contributed by atoms with E-state index < -0.39 is 5.60 Å². The summed E-state index contributed by atoms with van der Waals surface area (Å²) in [6.07, 6.45) is 3.78. The lowest BCUT2D eigenvalue weighted by atomic mass is 9.84. The number of benzene rings is 1. The number of aliphatic hydroxyl groups is 2. The molecule has 1 aliphatic carbocycles. The molecule has 1 saturated heterocycles. The third kappa shape index (κ3) is 3.79. The first kappa shape index (κ1) is 20.4. The fourth-order valence-electron chi connectivity index (χ4n) is 4.25. The molecule has 1 atom stereocenters. The normalized spacial score (nSPS) is 21.4. The number of anilines is 2. The van der Waals surface area contributed by atoms with E-state index in [0.717, 1.165) is 46.7 Å². The number of fused-ring (bicyclic) bond motifs is 1. The van der Waals surface area contributed by atoms with Crippen molar-refractivity contribution in [2.45, 2.75) is 48.1 Å². The monoisotopic (exact) mass is 448 g/mol. The molecule has 6 nitrogen and oxygen atoms in total. The SMILES string of the molecule is OCC1(Nc2nc(N3CCC(O)(c4cc(F)cc(P)c4)CC3)nc3c2SCC3)CC1. The summed E-state index contributed by atoms with van der Waals surface area (Å²) in [7, 11) is 2.50. The number of hydrogen-bond acceptors (Lipinski definition) is 7. The van der Waals surface area contributed by atoms with E-state index in [2.05, 4.69) is 19.5 Å². The Kier molecular flexibility index (Phi) is 5.17. The van der Waals surface area contributed by atoms with Crippen LogP contribution in [0.15, 0.2) is 23.1 Å². The van der Waals surface area contributed by atoms with Gasteiger partial charge in [0.2, 0.25) is 5.95 Å². The largest absolute Gasteiger partial charge is 0.394 e. The van der Waals surface area contributed by atoms with Crippen LogP contribution in [0.5, 0.6) is 0 Å². The van der Waals surface area contributed by atoms with Crippen molar-refractivity contribution >= 4 is 38.1 Å². The van der Waals surface area contributed by atoms with Crippen LogP contribution in [0.2, 0.25) is 0 Å². The van der Waals surface area contributed by atoms with E-state index >= 15 is 0 Å². The molecule has 3 N–H and O–H groups in total. The van der Waals surface area contributed by atoms with Gasteiger partial charge in [-0.1, -0.05) is 0 Å². The van der Waals surface area contributed by atoms with Crippen LogP contribution in [-0.2, 0) is 12.0 Å². The number of thioether (sulfide) groups is 1. The quantitative estimate of drug-likeness (QED) is 0.605. The van der Waals surface area contributed by atoms with Crippen LogP contribution in [0, 0.1) is 5.82 Å². The summed E-state index contributed by atoms with van der Waals surface area (Å²) in [6.45, 7) is 1.29. The lowest BCUT2D eigenvalue weighted by Crippen LogP contribution is -2.43. The smallest absolute Gasteiger partial charge is 0.227 e. The third-order valence-corrected chi connectivity index (χ3v) is 7.84. The molecule has 2 aromatic rings. The fraction of sp³-hybridized carbons (Fsp3) is 0.524. The summed E-state index contributed by atoms with van der Waals surface area (Å²) in [5.74, 6) is 2.15. The molecule has 1 saturated carbocycles. The second-order valence-corrected chi connectivity index (χ2v) is 10.4. The molecule has 2 aliphatic heterocycles. The summed E-state index contributed by atoms with van der Waals surface area (Å²) >= 11 is 1.76. The molecular formula is C21H26FN4O2PS. The number of nitrogens with one attached hydrogen (secondary N) is 1. The highest BCUT2D eigenvalue weighted by Crippen LogP contribution is 2.43. The topological polar surface area (TPSA) is 81.5 Å². The van der Waals surface area contributed by atoms with Crippen LogP contribution in [0.25, 0.3) is 0 Å². The number of aliphatic hydroxyl groups excluding tert-OH is 1. The second-order valence-electron chi connectivity index (χ2n) is 8.60. The van der Waals surface area contributed by atoms with E-state index in [0.29, 0.717) is 37.4 Å². The van der Waals surface area contributed by atoms with Gasteiger partial charge < -0.3 is 20.4 Å². The maximum atomic E-state index is 13.9. The van der Waals surface area contributed by atoms with Crippen LogP contribution in [0.1, 0.15) is 36.9 Å². The Morgan fingerprint density at radius 3 is 2.60 bits per heavy atom. The van der Waals surface area contributed by atoms with E-state index in [1.807, 2.05) is 6.07 Å². The number of aryl methyl sites for hydroxylation is 1. The van der Waals surface area contributed by atoms with Crippen molar-refractivity contribution in [2.24, 2.45) is 0 Å². The number of nitrogens with zero attached hydrogens (tertiary/aromatic N) is 3. The zero-order valence-corrected chi connectivity index (χ0v) is 18.7. The maximum absolute atomic E-state index is 13.9. The zero-order valence-electron chi connectivity index (χ0n) is 16.7. The van der Waals surface area contributed by atoms with Gasteiger partial charge in [0.05, 0.1) is 28.3 Å². The van der Waals surface area contributed by atoms with Gasteiger partial charge in [0.25, 0.3) is 0 Å². The van der Waals surface area contributed by atoms with Gasteiger partial charge in [0.15, 0.2) is 0 Å². The average Bonchev–Trinajstić information content (AvgIpc) is 3.33. The van der Waals surface area contributed by atoms with Crippen molar-refractivity contribution < 1.29 is 14.6 Å². The van der Waals surface area contributed by atoms with E-state index in [1.54, 1.807) is 11.8 Å². The van der Waals surface area contributed by atoms with E-state index in [-0.39, 0.29) is 18.0 Å². The summed E-state index contributed by atoms with van der Waals surface area (Å²) in [4.78, 5) is 12.8. The van der Waals surface area contributed by atoms with Gasteiger partial charge in [-0.2, -0.15) is 4.98 Å². The number of halogens is 1. The minimum Gasteiger partial charge on any atom is -0.394 e. The van der Waals surface area contributed by atoms with Crippen molar-refractivity contribution in [2.75, 3.05) is 35.7 Å². The predicted molar refractivity (Wildman–Crippen MR) is 120 cm³/mol. The molecule has 3 aliphatic rings. The van der Waals surface area contributed by atoms with Crippen molar-refractivity contribution in [3.63, 3.8) is 0 Å². The van der Waals surface area contributed by atoms with Crippen molar-refractivity contribution in [1.82, 2.24) is 9.97 Å². The van der Waals surface area contributed by atoms with Crippen LogP contribution < -0.4 is 15.5 Å². The molecule has 0 bridgehead atoms. The molecule has 0 amide bonds. The van der Waals surface area contributed by atoms with Crippen LogP contribution in [0.4, 0.5) is 16.2 Å². The van der Waals surface area contributed by atoms with Crippen LogP contribution in [0.3, 0.4) is 0 Å². The molecule has 1 aromatic heterocycles. The van der Waals surface area contributed by atoms with E-state index in [4.69, 9.17) is 9.97 Å². The molecule has 160 valence electrons. The summed E-state index contributed by atoms with van der Waals surface area (Å²) in [5.41, 5.74) is 0.393. The van der Waals surface area contributed by atoms with Gasteiger partial charge in [0.1, 0.15) is 11.6 Å². The van der Waals surface area contributed by atoms with Crippen LogP contribution >= 0.6 is 21.0 Å². The first-order chi connectivity index (χ1) is 14.4. The number of hydrogen-bond donors (Lipinski definition) is 3. The Bertz CT molecular complexity index is 959. The van der Waals surface area contributed by atoms with Gasteiger partial charge in [-0.05, 0) is 54.8 Å². The Hall–Kier alpha value is -1.47. The molecule has 0 radical (unpaired) electrons. The maximum Gasteiger partial charge on any atom is 0.227 e. The van der Waals surface area contributed by atoms with Crippen LogP contribution in [-0.4, -0.2) is 51.2 Å². The van der Waals surface area contributed by atoms with E-state index in [9.17, 15) is 14.6 Å². The van der Waals surface area contributed by atoms with Crippen molar-refractivity contribution in [3.8, 4) is 0 Å². The highest BCUT2D eigenvalue weighted by Gasteiger charge is 2.43. The van der Waals surface area contributed by atoms with Crippen molar-refractivity contribution in [1.29, 1.82) is 0 Å². The van der Waals surface area contributed by atoms with Gasteiger partial charge in [-0.3, -0.25) is 0 Å². The molecule has 5 rings (SSSR count). The Morgan fingerprint density at radius 2 is 1.93 bits per heavy atom. The third-order valence-electron chi connectivity index (χ3n) is 6.38. The van der Waals surface area contributed by atoms with Crippen molar-refractivity contribution in [3.05, 3.63) is 35.3 Å². The number of rotatable bonds is 5. The van der Waals surface area contributed by atoms with Gasteiger partial charge in [-0.25, -0.2) is 9.37 Å². The Labute approximate surface area is 181 Å².